The van der Waals surface area contributed by atoms with Gasteiger partial charge in [-0.2, -0.15) is 0 Å². The van der Waals surface area contributed by atoms with Crippen molar-refractivity contribution in [1.82, 2.24) is 14.5 Å². The lowest BCUT2D eigenvalue weighted by Crippen LogP contribution is -2.43. The Morgan fingerprint density at radius 3 is 3.10 bits per heavy atom. The van der Waals surface area contributed by atoms with Gasteiger partial charge in [-0.3, -0.25) is 4.79 Å². The van der Waals surface area contributed by atoms with Gasteiger partial charge in [-0.15, -0.1) is 11.3 Å². The Hall–Kier alpha value is -1.66. The van der Waals surface area contributed by atoms with E-state index in [9.17, 15) is 4.79 Å². The second kappa shape index (κ2) is 5.99. The molecule has 2 aromatic heterocycles. The molecule has 1 atom stereocenters. The highest BCUT2D eigenvalue weighted by atomic mass is 32.1. The van der Waals surface area contributed by atoms with Gasteiger partial charge in [0.15, 0.2) is 0 Å². The lowest BCUT2D eigenvalue weighted by molar-refractivity contribution is -0.138. The zero-order valence-electron chi connectivity index (χ0n) is 12.3. The lowest BCUT2D eigenvalue weighted by Gasteiger charge is -2.32. The Labute approximate surface area is 128 Å². The van der Waals surface area contributed by atoms with Gasteiger partial charge in [-0.1, -0.05) is 6.07 Å². The first-order valence-electron chi connectivity index (χ1n) is 7.05. The largest absolute Gasteiger partial charge is 0.367 e. The molecular weight excluding hydrogens is 286 g/mol. The smallest absolute Gasteiger partial charge is 0.228 e. The maximum absolute atomic E-state index is 12.4. The molecule has 0 bridgehead atoms. The number of carbonyl (C=O) groups is 1. The summed E-state index contributed by atoms with van der Waals surface area (Å²) in [7, 11) is 1.96. The quantitative estimate of drug-likeness (QED) is 0.870. The summed E-state index contributed by atoms with van der Waals surface area (Å²) >= 11 is 1.62. The van der Waals surface area contributed by atoms with Crippen LogP contribution in [0.4, 0.5) is 0 Å². The van der Waals surface area contributed by atoms with Crippen LogP contribution in [0.3, 0.4) is 0 Å². The molecule has 0 saturated carbocycles. The summed E-state index contributed by atoms with van der Waals surface area (Å²) in [6, 6.07) is 3.98. The highest BCUT2D eigenvalue weighted by Gasteiger charge is 2.28. The Kier molecular flexibility index (Phi) is 4.07. The van der Waals surface area contributed by atoms with E-state index in [1.807, 2.05) is 47.1 Å². The van der Waals surface area contributed by atoms with Gasteiger partial charge in [-0.25, -0.2) is 4.98 Å². The number of aromatic nitrogens is 2. The van der Waals surface area contributed by atoms with Crippen molar-refractivity contribution in [3.63, 3.8) is 0 Å². The van der Waals surface area contributed by atoms with E-state index in [4.69, 9.17) is 4.74 Å². The van der Waals surface area contributed by atoms with E-state index in [1.54, 1.807) is 11.3 Å². The van der Waals surface area contributed by atoms with Crippen LogP contribution in [0.1, 0.15) is 22.5 Å². The van der Waals surface area contributed by atoms with Gasteiger partial charge in [0.25, 0.3) is 0 Å². The summed E-state index contributed by atoms with van der Waals surface area (Å²) in [6.07, 6.45) is 2.32. The number of aryl methyl sites for hydroxylation is 2. The molecule has 0 aliphatic carbocycles. The van der Waals surface area contributed by atoms with Crippen molar-refractivity contribution >= 4 is 17.2 Å². The summed E-state index contributed by atoms with van der Waals surface area (Å²) in [5.41, 5.74) is 0.970. The van der Waals surface area contributed by atoms with E-state index in [0.29, 0.717) is 26.1 Å². The van der Waals surface area contributed by atoms with Crippen LogP contribution in [0.15, 0.2) is 23.7 Å². The predicted molar refractivity (Wildman–Crippen MR) is 81.2 cm³/mol. The second-order valence-electron chi connectivity index (χ2n) is 5.31. The molecule has 6 heteroatoms. The van der Waals surface area contributed by atoms with Crippen molar-refractivity contribution in [2.75, 3.05) is 19.7 Å². The van der Waals surface area contributed by atoms with Crippen LogP contribution in [0, 0.1) is 6.92 Å². The van der Waals surface area contributed by atoms with Gasteiger partial charge in [-0.05, 0) is 18.4 Å². The third kappa shape index (κ3) is 3.16. The number of nitrogens with zero attached hydrogens (tertiary/aromatic N) is 3. The SMILES string of the molecule is Cc1cn(C)c([C@H]2CN(C(=O)Cc3cccs3)CCO2)n1. The summed E-state index contributed by atoms with van der Waals surface area (Å²) in [6.45, 7) is 3.76. The second-order valence-corrected chi connectivity index (χ2v) is 6.34. The third-order valence-electron chi connectivity index (χ3n) is 3.65. The van der Waals surface area contributed by atoms with E-state index in [0.717, 1.165) is 16.4 Å². The van der Waals surface area contributed by atoms with Gasteiger partial charge >= 0.3 is 0 Å². The molecule has 1 aliphatic heterocycles. The van der Waals surface area contributed by atoms with Gasteiger partial charge in [0, 0.05) is 24.7 Å². The van der Waals surface area contributed by atoms with Crippen molar-refractivity contribution in [3.8, 4) is 0 Å². The molecular formula is C15H19N3O2S. The molecule has 112 valence electrons. The summed E-state index contributed by atoms with van der Waals surface area (Å²) in [4.78, 5) is 19.9. The van der Waals surface area contributed by atoms with Crippen molar-refractivity contribution in [2.45, 2.75) is 19.4 Å². The van der Waals surface area contributed by atoms with E-state index in [1.165, 1.54) is 0 Å². The molecule has 0 aromatic carbocycles. The molecule has 0 unspecified atom stereocenters. The number of thiophene rings is 1. The monoisotopic (exact) mass is 305 g/mol. The van der Waals surface area contributed by atoms with Crippen molar-refractivity contribution in [2.24, 2.45) is 7.05 Å². The highest BCUT2D eigenvalue weighted by Crippen LogP contribution is 2.22. The molecule has 3 heterocycles. The molecule has 3 rings (SSSR count). The number of carbonyl (C=O) groups excluding carboxylic acids is 1. The maximum Gasteiger partial charge on any atom is 0.228 e. The molecule has 5 nitrogen and oxygen atoms in total. The van der Waals surface area contributed by atoms with Crippen LogP contribution >= 0.6 is 11.3 Å². The molecule has 0 N–H and O–H groups in total. The van der Waals surface area contributed by atoms with Gasteiger partial charge < -0.3 is 14.2 Å². The Morgan fingerprint density at radius 1 is 1.57 bits per heavy atom. The average Bonchev–Trinajstić information content (AvgIpc) is 3.08. The number of hydrogen-bond donors (Lipinski definition) is 0. The fraction of sp³-hybridized carbons (Fsp3) is 0.467. The first kappa shape index (κ1) is 14.3. The Bertz CT molecular complexity index is 621. The van der Waals surface area contributed by atoms with Crippen LogP contribution in [0.5, 0.6) is 0 Å². The fourth-order valence-corrected chi connectivity index (χ4v) is 3.34. The van der Waals surface area contributed by atoms with Crippen molar-refractivity contribution < 1.29 is 9.53 Å². The molecule has 1 aliphatic rings. The molecule has 1 saturated heterocycles. The number of imidazole rings is 1. The van der Waals surface area contributed by atoms with E-state index in [2.05, 4.69) is 4.98 Å². The van der Waals surface area contributed by atoms with Crippen LogP contribution in [-0.4, -0.2) is 40.1 Å². The summed E-state index contributed by atoms with van der Waals surface area (Å²) in [5.74, 6) is 1.05. The standard InChI is InChI=1S/C15H19N3O2S/c1-11-9-17(2)15(16-11)13-10-18(5-6-20-13)14(19)8-12-4-3-7-21-12/h3-4,7,9,13H,5-6,8,10H2,1-2H3/t13-/m1/s1. The normalized spacial score (nSPS) is 19.0. The number of ether oxygens (including phenoxy) is 1. The fourth-order valence-electron chi connectivity index (χ4n) is 2.64. The van der Waals surface area contributed by atoms with Gasteiger partial charge in [0.05, 0.1) is 25.3 Å². The summed E-state index contributed by atoms with van der Waals surface area (Å²) < 4.78 is 7.78. The zero-order chi connectivity index (χ0) is 14.8. The van der Waals surface area contributed by atoms with Gasteiger partial charge in [0.1, 0.15) is 11.9 Å². The molecule has 0 spiro atoms. The average molecular weight is 305 g/mol. The first-order chi connectivity index (χ1) is 10.1. The van der Waals surface area contributed by atoms with E-state index >= 15 is 0 Å². The minimum Gasteiger partial charge on any atom is -0.367 e. The third-order valence-corrected chi connectivity index (χ3v) is 4.52. The number of amides is 1. The number of morpholine rings is 1. The number of rotatable bonds is 3. The Balaban J connectivity index is 1.68. The number of hydrogen-bond acceptors (Lipinski definition) is 4. The van der Waals surface area contributed by atoms with Crippen LogP contribution in [0.2, 0.25) is 0 Å². The molecule has 21 heavy (non-hydrogen) atoms. The molecule has 0 radical (unpaired) electrons. The Morgan fingerprint density at radius 2 is 2.43 bits per heavy atom. The van der Waals surface area contributed by atoms with Crippen LogP contribution in [0.25, 0.3) is 0 Å². The lowest BCUT2D eigenvalue weighted by atomic mass is 10.2. The minimum absolute atomic E-state index is 0.135. The predicted octanol–water partition coefficient (Wildman–Crippen LogP) is 1.93. The van der Waals surface area contributed by atoms with Gasteiger partial charge in [0.2, 0.25) is 5.91 Å². The maximum atomic E-state index is 12.4. The van der Waals surface area contributed by atoms with Crippen LogP contribution < -0.4 is 0 Å². The van der Waals surface area contributed by atoms with E-state index < -0.39 is 0 Å². The zero-order valence-corrected chi connectivity index (χ0v) is 13.1. The van der Waals surface area contributed by atoms with Crippen molar-refractivity contribution in [1.29, 1.82) is 0 Å². The minimum atomic E-state index is -0.135. The molecule has 1 fully saturated rings. The summed E-state index contributed by atoms with van der Waals surface area (Å²) in [5, 5.41) is 2.00. The first-order valence-corrected chi connectivity index (χ1v) is 7.93. The highest BCUT2D eigenvalue weighted by molar-refractivity contribution is 7.10. The molecule has 1 amide bonds. The molecule has 2 aromatic rings. The van der Waals surface area contributed by atoms with Crippen molar-refractivity contribution in [3.05, 3.63) is 40.1 Å². The van der Waals surface area contributed by atoms with E-state index in [-0.39, 0.29) is 12.0 Å². The van der Waals surface area contributed by atoms with Crippen LogP contribution in [-0.2, 0) is 23.0 Å². The topological polar surface area (TPSA) is 47.4 Å².